The van der Waals surface area contributed by atoms with Gasteiger partial charge in [-0.05, 0) is 61.2 Å². The van der Waals surface area contributed by atoms with Gasteiger partial charge in [-0.25, -0.2) is 13.1 Å². The Balaban J connectivity index is 1.78. The molecule has 0 aliphatic carbocycles. The molecule has 2 aromatic rings. The van der Waals surface area contributed by atoms with Gasteiger partial charge in [0.15, 0.2) is 11.5 Å². The van der Waals surface area contributed by atoms with Gasteiger partial charge in [-0.1, -0.05) is 12.1 Å². The van der Waals surface area contributed by atoms with Gasteiger partial charge in [0.1, 0.15) is 0 Å². The molecule has 0 bridgehead atoms. The summed E-state index contributed by atoms with van der Waals surface area (Å²) in [5.74, 6) is 1.07. The van der Waals surface area contributed by atoms with Crippen LogP contribution in [0.15, 0.2) is 41.3 Å². The standard InChI is InChI=1S/C21H28N2O5S/c1-15-5-7-18(13-16(15)2)29(25,26)23-12-10-21(24)22-11-9-17-6-8-19(27-3)20(14-17)28-4/h5-8,13-14,23H,9-12H2,1-4H3,(H,22,24). The quantitative estimate of drug-likeness (QED) is 0.615. The van der Waals surface area contributed by atoms with Crippen LogP contribution in [-0.4, -0.2) is 41.6 Å². The second-order valence-corrected chi connectivity index (χ2v) is 8.45. The number of benzene rings is 2. The number of aryl methyl sites for hydroxylation is 2. The van der Waals surface area contributed by atoms with Crippen molar-refractivity contribution in [3.05, 3.63) is 53.1 Å². The fraction of sp³-hybridized carbons (Fsp3) is 0.381. The Kier molecular flexibility index (Phi) is 8.04. The van der Waals surface area contributed by atoms with Crippen LogP contribution in [0.5, 0.6) is 11.5 Å². The van der Waals surface area contributed by atoms with Gasteiger partial charge >= 0.3 is 0 Å². The summed E-state index contributed by atoms with van der Waals surface area (Å²) >= 11 is 0. The highest BCUT2D eigenvalue weighted by Crippen LogP contribution is 2.27. The number of methoxy groups -OCH3 is 2. The SMILES string of the molecule is COc1ccc(CCNC(=O)CCNS(=O)(=O)c2ccc(C)c(C)c2)cc1OC. The Morgan fingerprint density at radius 2 is 1.66 bits per heavy atom. The summed E-state index contributed by atoms with van der Waals surface area (Å²) in [4.78, 5) is 12.2. The Morgan fingerprint density at radius 3 is 2.31 bits per heavy atom. The molecule has 29 heavy (non-hydrogen) atoms. The lowest BCUT2D eigenvalue weighted by molar-refractivity contribution is -0.120. The van der Waals surface area contributed by atoms with Crippen LogP contribution >= 0.6 is 0 Å². The summed E-state index contributed by atoms with van der Waals surface area (Å²) in [6.45, 7) is 4.27. The smallest absolute Gasteiger partial charge is 0.240 e. The van der Waals surface area contributed by atoms with E-state index in [2.05, 4.69) is 10.0 Å². The van der Waals surface area contributed by atoms with Gasteiger partial charge in [-0.15, -0.1) is 0 Å². The largest absolute Gasteiger partial charge is 0.493 e. The van der Waals surface area contributed by atoms with Crippen LogP contribution < -0.4 is 19.5 Å². The predicted molar refractivity (Wildman–Crippen MR) is 112 cm³/mol. The van der Waals surface area contributed by atoms with Crippen LogP contribution in [0, 0.1) is 13.8 Å². The molecule has 0 aliphatic rings. The molecule has 0 heterocycles. The maximum Gasteiger partial charge on any atom is 0.240 e. The Hall–Kier alpha value is -2.58. The van der Waals surface area contributed by atoms with Crippen molar-refractivity contribution >= 4 is 15.9 Å². The van der Waals surface area contributed by atoms with Crippen molar-refractivity contribution in [2.24, 2.45) is 0 Å². The third-order valence-electron chi connectivity index (χ3n) is 4.62. The van der Waals surface area contributed by atoms with Crippen molar-refractivity contribution in [1.82, 2.24) is 10.0 Å². The molecular formula is C21H28N2O5S. The number of sulfonamides is 1. The lowest BCUT2D eigenvalue weighted by Gasteiger charge is -2.11. The van der Waals surface area contributed by atoms with Gasteiger partial charge < -0.3 is 14.8 Å². The van der Waals surface area contributed by atoms with E-state index in [4.69, 9.17) is 9.47 Å². The van der Waals surface area contributed by atoms with Crippen LogP contribution in [0.2, 0.25) is 0 Å². The van der Waals surface area contributed by atoms with Crippen molar-refractivity contribution in [2.75, 3.05) is 27.3 Å². The van der Waals surface area contributed by atoms with Gasteiger partial charge in [-0.2, -0.15) is 0 Å². The molecule has 2 rings (SSSR count). The maximum atomic E-state index is 12.3. The number of amides is 1. The number of carbonyl (C=O) groups is 1. The summed E-state index contributed by atoms with van der Waals surface area (Å²) in [5.41, 5.74) is 2.93. The molecule has 8 heteroatoms. The molecule has 0 saturated heterocycles. The first-order valence-corrected chi connectivity index (χ1v) is 10.8. The summed E-state index contributed by atoms with van der Waals surface area (Å²) < 4.78 is 37.6. The number of hydrogen-bond acceptors (Lipinski definition) is 5. The molecular weight excluding hydrogens is 392 g/mol. The van der Waals surface area contributed by atoms with Crippen LogP contribution in [0.1, 0.15) is 23.1 Å². The van der Waals surface area contributed by atoms with Crippen molar-refractivity contribution in [1.29, 1.82) is 0 Å². The van der Waals surface area contributed by atoms with E-state index in [0.29, 0.717) is 24.5 Å². The summed E-state index contributed by atoms with van der Waals surface area (Å²) in [6.07, 6.45) is 0.691. The fourth-order valence-electron chi connectivity index (χ4n) is 2.73. The van der Waals surface area contributed by atoms with Gasteiger partial charge in [0.25, 0.3) is 0 Å². The topological polar surface area (TPSA) is 93.7 Å². The van der Waals surface area contributed by atoms with Crippen LogP contribution in [0.4, 0.5) is 0 Å². The monoisotopic (exact) mass is 420 g/mol. The Labute approximate surface area is 172 Å². The predicted octanol–water partition coefficient (Wildman–Crippen LogP) is 2.35. The second kappa shape index (κ2) is 10.3. The normalized spacial score (nSPS) is 11.2. The third kappa shape index (κ3) is 6.47. The highest BCUT2D eigenvalue weighted by molar-refractivity contribution is 7.89. The minimum atomic E-state index is -3.63. The third-order valence-corrected chi connectivity index (χ3v) is 6.08. The lowest BCUT2D eigenvalue weighted by Crippen LogP contribution is -2.31. The van der Waals surface area contributed by atoms with E-state index in [-0.39, 0.29) is 23.8 Å². The number of hydrogen-bond donors (Lipinski definition) is 2. The van der Waals surface area contributed by atoms with Crippen molar-refractivity contribution in [3.8, 4) is 11.5 Å². The molecule has 158 valence electrons. The minimum absolute atomic E-state index is 0.0391. The van der Waals surface area contributed by atoms with Crippen LogP contribution in [-0.2, 0) is 21.2 Å². The van der Waals surface area contributed by atoms with E-state index in [1.807, 2.05) is 32.0 Å². The highest BCUT2D eigenvalue weighted by Gasteiger charge is 2.15. The first-order valence-electron chi connectivity index (χ1n) is 9.31. The molecule has 0 spiro atoms. The summed E-state index contributed by atoms with van der Waals surface area (Å²) in [7, 11) is -0.482. The van der Waals surface area contributed by atoms with Gasteiger partial charge in [0.2, 0.25) is 15.9 Å². The van der Waals surface area contributed by atoms with Gasteiger partial charge in [0.05, 0.1) is 19.1 Å². The number of ether oxygens (including phenoxy) is 2. The molecule has 0 fully saturated rings. The first kappa shape index (κ1) is 22.7. The van der Waals surface area contributed by atoms with Crippen molar-refractivity contribution in [2.45, 2.75) is 31.6 Å². The van der Waals surface area contributed by atoms with Crippen LogP contribution in [0.3, 0.4) is 0 Å². The van der Waals surface area contributed by atoms with Crippen molar-refractivity contribution in [3.63, 3.8) is 0 Å². The molecule has 2 N–H and O–H groups in total. The number of nitrogens with one attached hydrogen (secondary N) is 2. The Bertz CT molecular complexity index is 958. The van der Waals surface area contributed by atoms with Crippen molar-refractivity contribution < 1.29 is 22.7 Å². The van der Waals surface area contributed by atoms with E-state index in [1.54, 1.807) is 32.4 Å². The van der Waals surface area contributed by atoms with E-state index in [0.717, 1.165) is 16.7 Å². The molecule has 2 aromatic carbocycles. The fourth-order valence-corrected chi connectivity index (χ4v) is 3.85. The zero-order valence-electron chi connectivity index (χ0n) is 17.2. The minimum Gasteiger partial charge on any atom is -0.493 e. The summed E-state index contributed by atoms with van der Waals surface area (Å²) in [5, 5.41) is 2.79. The molecule has 0 saturated carbocycles. The van der Waals surface area contributed by atoms with Gasteiger partial charge in [-0.3, -0.25) is 4.79 Å². The van der Waals surface area contributed by atoms with Gasteiger partial charge in [0, 0.05) is 19.5 Å². The average molecular weight is 421 g/mol. The maximum absolute atomic E-state index is 12.3. The first-order chi connectivity index (χ1) is 13.8. The lowest BCUT2D eigenvalue weighted by atomic mass is 10.1. The number of carbonyl (C=O) groups excluding carboxylic acids is 1. The molecule has 0 aromatic heterocycles. The molecule has 7 nitrogen and oxygen atoms in total. The van der Waals surface area contributed by atoms with Crippen LogP contribution in [0.25, 0.3) is 0 Å². The number of rotatable bonds is 10. The second-order valence-electron chi connectivity index (χ2n) is 6.68. The molecule has 0 unspecified atom stereocenters. The molecule has 0 aliphatic heterocycles. The zero-order chi connectivity index (χ0) is 21.4. The molecule has 0 atom stereocenters. The van der Waals surface area contributed by atoms with E-state index in [1.165, 1.54) is 0 Å². The van der Waals surface area contributed by atoms with E-state index in [9.17, 15) is 13.2 Å². The molecule has 1 amide bonds. The Morgan fingerprint density at radius 1 is 0.931 bits per heavy atom. The van der Waals surface area contributed by atoms with E-state index < -0.39 is 10.0 Å². The zero-order valence-corrected chi connectivity index (χ0v) is 18.1. The highest BCUT2D eigenvalue weighted by atomic mass is 32.2. The summed E-state index contributed by atoms with van der Waals surface area (Å²) in [6, 6.07) is 10.5. The average Bonchev–Trinajstić information content (AvgIpc) is 2.69. The molecule has 0 radical (unpaired) electrons. The van der Waals surface area contributed by atoms with E-state index >= 15 is 0 Å².